The minimum absolute atomic E-state index is 0.0228. The lowest BCUT2D eigenvalue weighted by Crippen LogP contribution is -2.38. The molecule has 2 rings (SSSR count). The molecule has 0 radical (unpaired) electrons. The number of halogens is 3. The number of amides is 1. The molecule has 1 aromatic rings. The molecule has 1 unspecified atom stereocenters. The molecule has 1 fully saturated rings. The molecule has 0 saturated carbocycles. The van der Waals surface area contributed by atoms with E-state index in [9.17, 15) is 18.0 Å². The van der Waals surface area contributed by atoms with Gasteiger partial charge in [0.1, 0.15) is 11.8 Å². The number of rotatable bonds is 5. The lowest BCUT2D eigenvalue weighted by Gasteiger charge is -2.25. The molecule has 0 bridgehead atoms. The van der Waals surface area contributed by atoms with Gasteiger partial charge in [-0.1, -0.05) is 6.92 Å². The van der Waals surface area contributed by atoms with Crippen molar-refractivity contribution in [3.8, 4) is 6.07 Å². The van der Waals surface area contributed by atoms with Crippen molar-refractivity contribution in [2.75, 3.05) is 32.7 Å². The van der Waals surface area contributed by atoms with Gasteiger partial charge < -0.3 is 4.90 Å². The highest BCUT2D eigenvalue weighted by Crippen LogP contribution is 2.22. The quantitative estimate of drug-likeness (QED) is 0.825. The number of nitrogens with zero attached hydrogens (tertiary/aromatic N) is 4. The number of nitriles is 1. The Bertz CT molecular complexity index is 609. The molecule has 1 atom stereocenters. The zero-order valence-corrected chi connectivity index (χ0v) is 13.4. The molecular formula is C16H19F3N4O. The average molecular weight is 340 g/mol. The molecule has 1 amide bonds. The van der Waals surface area contributed by atoms with Crippen molar-refractivity contribution in [3.05, 3.63) is 29.6 Å². The summed E-state index contributed by atoms with van der Waals surface area (Å²) in [5.41, 5.74) is 0.619. The third kappa shape index (κ3) is 4.93. The minimum atomic E-state index is -4.21. The Morgan fingerprint density at radius 3 is 2.79 bits per heavy atom. The Kier molecular flexibility index (Phi) is 5.78. The molecule has 1 aliphatic heterocycles. The smallest absolute Gasteiger partial charge is 0.337 e. The van der Waals surface area contributed by atoms with E-state index in [0.29, 0.717) is 38.2 Å². The molecule has 0 spiro atoms. The lowest BCUT2D eigenvalue weighted by atomic mass is 10.1. The van der Waals surface area contributed by atoms with E-state index in [4.69, 9.17) is 5.26 Å². The topological polar surface area (TPSA) is 60.2 Å². The molecule has 1 saturated heterocycles. The van der Waals surface area contributed by atoms with E-state index in [0.717, 1.165) is 0 Å². The van der Waals surface area contributed by atoms with Crippen LogP contribution in [0.3, 0.4) is 0 Å². The van der Waals surface area contributed by atoms with Crippen LogP contribution in [0.4, 0.5) is 13.2 Å². The first-order valence-electron chi connectivity index (χ1n) is 7.77. The van der Waals surface area contributed by atoms with Crippen molar-refractivity contribution in [1.29, 1.82) is 5.26 Å². The standard InChI is InChI=1S/C16H19F3N4O/c1-2-22(11-16(17,18)19)9-13-5-6-23(10-13)15(24)14-4-3-12(7-20)8-21-14/h3-4,8,13H,2,5-6,9-11H2,1H3. The SMILES string of the molecule is CCN(CC1CCN(C(=O)c2ccc(C#N)cn2)C1)CC(F)(F)F. The van der Waals surface area contributed by atoms with Crippen LogP contribution in [0, 0.1) is 17.2 Å². The van der Waals surface area contributed by atoms with Gasteiger partial charge in [0.25, 0.3) is 5.91 Å². The summed E-state index contributed by atoms with van der Waals surface area (Å²) in [6, 6.07) is 4.95. The van der Waals surface area contributed by atoms with Crippen LogP contribution in [-0.2, 0) is 0 Å². The van der Waals surface area contributed by atoms with E-state index in [-0.39, 0.29) is 17.5 Å². The maximum atomic E-state index is 12.5. The summed E-state index contributed by atoms with van der Waals surface area (Å²) in [4.78, 5) is 19.3. The molecule has 8 heteroatoms. The molecule has 2 heterocycles. The van der Waals surface area contributed by atoms with Crippen LogP contribution < -0.4 is 0 Å². The zero-order valence-electron chi connectivity index (χ0n) is 13.4. The van der Waals surface area contributed by atoms with E-state index in [2.05, 4.69) is 4.98 Å². The number of pyridine rings is 1. The fraction of sp³-hybridized carbons (Fsp3) is 0.562. The number of carbonyl (C=O) groups is 1. The van der Waals surface area contributed by atoms with Gasteiger partial charge in [-0.3, -0.25) is 9.69 Å². The molecule has 1 aliphatic rings. The number of aromatic nitrogens is 1. The van der Waals surface area contributed by atoms with Crippen molar-refractivity contribution < 1.29 is 18.0 Å². The first-order chi connectivity index (χ1) is 11.3. The van der Waals surface area contributed by atoms with Crippen LogP contribution in [0.2, 0.25) is 0 Å². The van der Waals surface area contributed by atoms with Gasteiger partial charge >= 0.3 is 6.18 Å². The molecule has 1 aromatic heterocycles. The fourth-order valence-electron chi connectivity index (χ4n) is 2.84. The van der Waals surface area contributed by atoms with Gasteiger partial charge in [0, 0.05) is 25.8 Å². The third-order valence-corrected chi connectivity index (χ3v) is 4.05. The molecule has 0 N–H and O–H groups in total. The van der Waals surface area contributed by atoms with Crippen molar-refractivity contribution in [2.45, 2.75) is 19.5 Å². The van der Waals surface area contributed by atoms with E-state index in [1.807, 2.05) is 6.07 Å². The molecular weight excluding hydrogens is 321 g/mol. The molecule has 24 heavy (non-hydrogen) atoms. The average Bonchev–Trinajstić information content (AvgIpc) is 3.01. The normalized spacial score (nSPS) is 18.0. The summed E-state index contributed by atoms with van der Waals surface area (Å²) < 4.78 is 37.6. The van der Waals surface area contributed by atoms with Crippen molar-refractivity contribution in [3.63, 3.8) is 0 Å². The highest BCUT2D eigenvalue weighted by atomic mass is 19.4. The summed E-state index contributed by atoms with van der Waals surface area (Å²) in [6.07, 6.45) is -2.20. The van der Waals surface area contributed by atoms with Crippen LogP contribution in [-0.4, -0.2) is 59.6 Å². The van der Waals surface area contributed by atoms with Crippen molar-refractivity contribution >= 4 is 5.91 Å². The van der Waals surface area contributed by atoms with Gasteiger partial charge in [0.05, 0.1) is 12.1 Å². The maximum Gasteiger partial charge on any atom is 0.401 e. The molecule has 0 aliphatic carbocycles. The van der Waals surface area contributed by atoms with Gasteiger partial charge in [0.2, 0.25) is 0 Å². The Morgan fingerprint density at radius 2 is 2.25 bits per heavy atom. The third-order valence-electron chi connectivity index (χ3n) is 4.05. The Morgan fingerprint density at radius 1 is 1.50 bits per heavy atom. The summed E-state index contributed by atoms with van der Waals surface area (Å²) in [7, 11) is 0. The lowest BCUT2D eigenvalue weighted by molar-refractivity contribution is -0.146. The number of alkyl halides is 3. The van der Waals surface area contributed by atoms with Crippen LogP contribution in [0.1, 0.15) is 29.4 Å². The minimum Gasteiger partial charge on any atom is -0.337 e. The van der Waals surface area contributed by atoms with E-state index >= 15 is 0 Å². The molecule has 130 valence electrons. The predicted octanol–water partition coefficient (Wildman–Crippen LogP) is 2.30. The van der Waals surface area contributed by atoms with Gasteiger partial charge in [-0.25, -0.2) is 4.98 Å². The number of hydrogen-bond donors (Lipinski definition) is 0. The van der Waals surface area contributed by atoms with Crippen LogP contribution in [0.15, 0.2) is 18.3 Å². The van der Waals surface area contributed by atoms with E-state index < -0.39 is 12.7 Å². The second-order valence-corrected chi connectivity index (χ2v) is 5.89. The van der Waals surface area contributed by atoms with Crippen molar-refractivity contribution in [1.82, 2.24) is 14.8 Å². The first-order valence-corrected chi connectivity index (χ1v) is 7.77. The second kappa shape index (κ2) is 7.62. The Hall–Kier alpha value is -2.14. The molecule has 0 aromatic carbocycles. The number of likely N-dealkylation sites (tertiary alicyclic amines) is 1. The predicted molar refractivity (Wildman–Crippen MR) is 81.1 cm³/mol. The molecule has 5 nitrogen and oxygen atoms in total. The Balaban J connectivity index is 1.92. The van der Waals surface area contributed by atoms with E-state index in [1.165, 1.54) is 23.2 Å². The highest BCUT2D eigenvalue weighted by molar-refractivity contribution is 5.92. The van der Waals surface area contributed by atoms with Crippen molar-refractivity contribution in [2.24, 2.45) is 5.92 Å². The van der Waals surface area contributed by atoms with Gasteiger partial charge in [0.15, 0.2) is 0 Å². The van der Waals surface area contributed by atoms with Gasteiger partial charge in [-0.2, -0.15) is 18.4 Å². The highest BCUT2D eigenvalue weighted by Gasteiger charge is 2.33. The van der Waals surface area contributed by atoms with Crippen LogP contribution >= 0.6 is 0 Å². The second-order valence-electron chi connectivity index (χ2n) is 5.89. The summed E-state index contributed by atoms with van der Waals surface area (Å²) in [5.74, 6) is -0.226. The van der Waals surface area contributed by atoms with Crippen LogP contribution in [0.5, 0.6) is 0 Å². The van der Waals surface area contributed by atoms with E-state index in [1.54, 1.807) is 11.8 Å². The zero-order chi connectivity index (χ0) is 17.7. The maximum absolute atomic E-state index is 12.5. The van der Waals surface area contributed by atoms with Crippen LogP contribution in [0.25, 0.3) is 0 Å². The summed E-state index contributed by atoms with van der Waals surface area (Å²) in [6.45, 7) is 2.35. The van der Waals surface area contributed by atoms with Gasteiger partial charge in [-0.05, 0) is 31.0 Å². The monoisotopic (exact) mass is 340 g/mol. The first kappa shape index (κ1) is 18.2. The fourth-order valence-corrected chi connectivity index (χ4v) is 2.84. The summed E-state index contributed by atoms with van der Waals surface area (Å²) >= 11 is 0. The summed E-state index contributed by atoms with van der Waals surface area (Å²) in [5, 5.41) is 8.73. The largest absolute Gasteiger partial charge is 0.401 e. The number of carbonyl (C=O) groups excluding carboxylic acids is 1. The van der Waals surface area contributed by atoms with Gasteiger partial charge in [-0.15, -0.1) is 0 Å². The Labute approximate surface area is 138 Å². The number of hydrogen-bond acceptors (Lipinski definition) is 4.